The summed E-state index contributed by atoms with van der Waals surface area (Å²) in [7, 11) is -2.88. The number of rotatable bonds is 25. The van der Waals surface area contributed by atoms with Gasteiger partial charge in [0.25, 0.3) is 0 Å². The first-order valence-corrected chi connectivity index (χ1v) is 17.7. The number of ether oxygens (including phenoxy) is 1. The summed E-state index contributed by atoms with van der Waals surface area (Å²) in [5.41, 5.74) is 1.39. The Balaban J connectivity index is 2.43. The highest BCUT2D eigenvalue weighted by atomic mass is 32.2. The first-order chi connectivity index (χ1) is 18.0. The summed E-state index contributed by atoms with van der Waals surface area (Å²) in [5, 5.41) is 9.55. The smallest absolute Gasteiger partial charge is 0.476 e. The van der Waals surface area contributed by atoms with E-state index in [0.29, 0.717) is 17.6 Å². The second-order valence-electron chi connectivity index (χ2n) is 9.69. The number of carboxylic acids is 1. The average molecular weight is 574 g/mol. The van der Waals surface area contributed by atoms with Crippen LogP contribution in [-0.4, -0.2) is 50.9 Å². The van der Waals surface area contributed by atoms with E-state index < -0.39 is 19.8 Å². The van der Waals surface area contributed by atoms with E-state index in [9.17, 15) is 9.36 Å². The minimum atomic E-state index is -2.88. The molecule has 0 amide bonds. The van der Waals surface area contributed by atoms with Crippen LogP contribution in [0.5, 0.6) is 0 Å². The Kier molecular flexibility index (Phi) is 21.7. The van der Waals surface area contributed by atoms with E-state index in [0.717, 1.165) is 11.5 Å². The molecule has 0 spiro atoms. The van der Waals surface area contributed by atoms with Crippen LogP contribution >= 0.6 is 31.6 Å². The molecule has 0 aromatic heterocycles. The molecule has 0 heterocycles. The number of benzene rings is 1. The minimum absolute atomic E-state index is 0.174. The Labute approximate surface area is 235 Å². The molecule has 1 aromatic carbocycles. The van der Waals surface area contributed by atoms with Crippen molar-refractivity contribution in [2.75, 3.05) is 23.9 Å². The van der Waals surface area contributed by atoms with Crippen LogP contribution in [0.15, 0.2) is 30.3 Å². The van der Waals surface area contributed by atoms with Crippen LogP contribution in [-0.2, 0) is 14.1 Å². The van der Waals surface area contributed by atoms with Crippen molar-refractivity contribution in [1.29, 1.82) is 0 Å². The number of carboxylic acid groups (broad SMARTS) is 1. The quantitative estimate of drug-likeness (QED) is 0.0892. The van der Waals surface area contributed by atoms with Gasteiger partial charge in [-0.05, 0) is 40.9 Å². The predicted molar refractivity (Wildman–Crippen MR) is 161 cm³/mol. The molecule has 0 bridgehead atoms. The zero-order chi connectivity index (χ0) is 27.1. The van der Waals surface area contributed by atoms with Gasteiger partial charge in [0.05, 0.1) is 6.61 Å². The van der Waals surface area contributed by atoms with Crippen LogP contribution in [0.25, 0.3) is 0 Å². The highest BCUT2D eigenvalue weighted by molar-refractivity contribution is 8.00. The van der Waals surface area contributed by atoms with E-state index in [4.69, 9.17) is 14.7 Å². The van der Waals surface area contributed by atoms with E-state index in [1.807, 2.05) is 11.8 Å². The zero-order valence-electron chi connectivity index (χ0n) is 23.0. The van der Waals surface area contributed by atoms with Crippen molar-refractivity contribution in [2.24, 2.45) is 0 Å². The lowest BCUT2D eigenvalue weighted by Crippen LogP contribution is -2.21. The Bertz CT molecular complexity index is 693. The minimum Gasteiger partial charge on any atom is -0.476 e. The van der Waals surface area contributed by atoms with E-state index in [-0.39, 0.29) is 6.61 Å². The molecule has 1 rings (SSSR count). The molecule has 4 unspecified atom stereocenters. The van der Waals surface area contributed by atoms with Gasteiger partial charge < -0.3 is 9.84 Å². The summed E-state index contributed by atoms with van der Waals surface area (Å²) in [5.74, 6) is 0.518. The Morgan fingerprint density at radius 3 is 2.08 bits per heavy atom. The SMILES string of the molecule is CCCCCCCCCCCCSC(CCC)C(CSCCCOC(C(=O)O)[P+](=O)O)c1ccccc1. The number of thioether (sulfide) groups is 2. The molecule has 5 nitrogen and oxygen atoms in total. The monoisotopic (exact) mass is 573 g/mol. The number of hydrogen-bond donors (Lipinski definition) is 2. The average Bonchev–Trinajstić information content (AvgIpc) is 2.88. The Hall–Kier alpha value is -0.590. The summed E-state index contributed by atoms with van der Waals surface area (Å²) in [6, 6.07) is 10.8. The van der Waals surface area contributed by atoms with E-state index in [1.165, 1.54) is 88.4 Å². The van der Waals surface area contributed by atoms with Crippen LogP contribution < -0.4 is 0 Å². The first kappa shape index (κ1) is 34.4. The third kappa shape index (κ3) is 16.9. The molecule has 0 fully saturated rings. The van der Waals surface area contributed by atoms with Gasteiger partial charge in [-0.15, -0.1) is 0 Å². The summed E-state index contributed by atoms with van der Waals surface area (Å²) in [4.78, 5) is 20.1. The second-order valence-corrected chi connectivity index (χ2v) is 13.3. The third-order valence-electron chi connectivity index (χ3n) is 6.50. The van der Waals surface area contributed by atoms with Gasteiger partial charge in [0.1, 0.15) is 0 Å². The predicted octanol–water partition coefficient (Wildman–Crippen LogP) is 8.88. The summed E-state index contributed by atoms with van der Waals surface area (Å²) in [6.45, 7) is 4.71. The number of aliphatic carboxylic acids is 1. The van der Waals surface area contributed by atoms with Gasteiger partial charge in [-0.25, -0.2) is 4.79 Å². The normalized spacial score (nSPS) is 14.3. The summed E-state index contributed by atoms with van der Waals surface area (Å²) in [6.07, 6.45) is 16.7. The van der Waals surface area contributed by atoms with Gasteiger partial charge in [0.2, 0.25) is 0 Å². The molecule has 0 saturated heterocycles. The van der Waals surface area contributed by atoms with Gasteiger partial charge in [-0.1, -0.05) is 108 Å². The van der Waals surface area contributed by atoms with Crippen molar-refractivity contribution < 1.29 is 24.1 Å². The number of unbranched alkanes of at least 4 members (excludes halogenated alkanes) is 9. The van der Waals surface area contributed by atoms with E-state index in [1.54, 1.807) is 0 Å². The maximum atomic E-state index is 11.1. The second kappa shape index (κ2) is 23.3. The fraction of sp³-hybridized carbons (Fsp3) is 0.759. The van der Waals surface area contributed by atoms with Crippen molar-refractivity contribution in [2.45, 2.75) is 114 Å². The lowest BCUT2D eigenvalue weighted by molar-refractivity contribution is -0.145. The van der Waals surface area contributed by atoms with Crippen LogP contribution in [0.3, 0.4) is 0 Å². The molecule has 0 aliphatic carbocycles. The molecule has 0 radical (unpaired) electrons. The van der Waals surface area contributed by atoms with Gasteiger partial charge in [0.15, 0.2) is 0 Å². The molecule has 4 atom stereocenters. The van der Waals surface area contributed by atoms with Crippen molar-refractivity contribution in [3.05, 3.63) is 35.9 Å². The van der Waals surface area contributed by atoms with Crippen molar-refractivity contribution >= 4 is 37.5 Å². The van der Waals surface area contributed by atoms with Crippen molar-refractivity contribution in [1.82, 2.24) is 0 Å². The number of hydrogen-bond acceptors (Lipinski definition) is 5. The first-order valence-electron chi connectivity index (χ1n) is 14.2. The fourth-order valence-electron chi connectivity index (χ4n) is 4.42. The van der Waals surface area contributed by atoms with Crippen LogP contribution in [0, 0.1) is 0 Å². The Morgan fingerprint density at radius 1 is 0.892 bits per heavy atom. The maximum absolute atomic E-state index is 11.1. The molecule has 2 N–H and O–H groups in total. The molecule has 1 aromatic rings. The van der Waals surface area contributed by atoms with Gasteiger partial charge in [0, 0.05) is 16.9 Å². The van der Waals surface area contributed by atoms with Gasteiger partial charge in [-0.3, -0.25) is 0 Å². The summed E-state index contributed by atoms with van der Waals surface area (Å²) >= 11 is 4.00. The molecule has 0 aliphatic rings. The molecule has 8 heteroatoms. The molecule has 212 valence electrons. The molecule has 0 aliphatic heterocycles. The Morgan fingerprint density at radius 2 is 1.51 bits per heavy atom. The standard InChI is InChI=1S/C29H49O5PS2/c1-3-5-6-7-8-9-10-11-12-16-23-37-27(18-4-2)26(25-19-14-13-15-20-25)24-36-22-17-21-34-29(28(30)31)35(32)33/h13-15,19-20,26-27,29H,3-12,16-18,21-24H2,1-2H3,(H-,30,31,32,33)/p+1. The van der Waals surface area contributed by atoms with Crippen LogP contribution in [0.1, 0.15) is 109 Å². The van der Waals surface area contributed by atoms with E-state index in [2.05, 4.69) is 55.9 Å². The maximum Gasteiger partial charge on any atom is 0.550 e. The molecule has 37 heavy (non-hydrogen) atoms. The summed E-state index contributed by atoms with van der Waals surface area (Å²) < 4.78 is 16.2. The van der Waals surface area contributed by atoms with Crippen LogP contribution in [0.4, 0.5) is 0 Å². The fourth-order valence-corrected chi connectivity index (χ4v) is 7.70. The molecule has 0 saturated carbocycles. The largest absolute Gasteiger partial charge is 0.550 e. The third-order valence-corrected chi connectivity index (χ3v) is 9.96. The van der Waals surface area contributed by atoms with Crippen LogP contribution in [0.2, 0.25) is 0 Å². The van der Waals surface area contributed by atoms with Crippen molar-refractivity contribution in [3.63, 3.8) is 0 Å². The highest BCUT2D eigenvalue weighted by Crippen LogP contribution is 2.35. The zero-order valence-corrected chi connectivity index (χ0v) is 25.5. The topological polar surface area (TPSA) is 83.8 Å². The van der Waals surface area contributed by atoms with Gasteiger partial charge >= 0.3 is 19.8 Å². The molecular weight excluding hydrogens is 523 g/mol. The van der Waals surface area contributed by atoms with Gasteiger partial charge in [-0.2, -0.15) is 28.4 Å². The lowest BCUT2D eigenvalue weighted by Gasteiger charge is -2.27. The lowest BCUT2D eigenvalue weighted by atomic mass is 9.95. The molecular formula is C29H50O5PS2+. The van der Waals surface area contributed by atoms with E-state index >= 15 is 0 Å². The number of carbonyl (C=O) groups is 1. The van der Waals surface area contributed by atoms with Crippen molar-refractivity contribution in [3.8, 4) is 0 Å². The highest BCUT2D eigenvalue weighted by Gasteiger charge is 2.38.